The summed E-state index contributed by atoms with van der Waals surface area (Å²) in [4.78, 5) is 9.98. The van der Waals surface area contributed by atoms with Crippen molar-refractivity contribution < 1.29 is 19.9 Å². The van der Waals surface area contributed by atoms with E-state index < -0.39 is 23.4 Å². The number of nitrogens with zero attached hydrogens (tertiary/aromatic N) is 2. The van der Waals surface area contributed by atoms with Crippen LogP contribution in [0.3, 0.4) is 0 Å². The molecule has 0 amide bonds. The highest BCUT2D eigenvalue weighted by Crippen LogP contribution is 2.29. The van der Waals surface area contributed by atoms with E-state index in [9.17, 15) is 15.2 Å². The minimum atomic E-state index is -0.739. The standard InChI is InChI=1S/C9H12N2O5/c12-5-8-7(13)3-9(16-8)10-2-1-6(4-10)11(14)15/h1-2,4,7-9,12-13H,3,5H2. The molecule has 1 aromatic rings. The molecule has 1 saturated heterocycles. The molecule has 7 heteroatoms. The summed E-state index contributed by atoms with van der Waals surface area (Å²) >= 11 is 0. The summed E-state index contributed by atoms with van der Waals surface area (Å²) in [6.45, 7) is -0.263. The van der Waals surface area contributed by atoms with Gasteiger partial charge in [0.05, 0.1) is 23.8 Å². The average Bonchev–Trinajstić information content (AvgIpc) is 2.83. The van der Waals surface area contributed by atoms with E-state index in [1.54, 1.807) is 0 Å². The minimum absolute atomic E-state index is 0.0226. The maximum atomic E-state index is 10.5. The number of ether oxygens (including phenoxy) is 1. The first-order valence-corrected chi connectivity index (χ1v) is 4.88. The molecule has 1 fully saturated rings. The van der Waals surface area contributed by atoms with Gasteiger partial charge in [-0.25, -0.2) is 0 Å². The van der Waals surface area contributed by atoms with E-state index in [0.717, 1.165) is 0 Å². The molecule has 0 saturated carbocycles. The summed E-state index contributed by atoms with van der Waals surface area (Å²) in [5, 5.41) is 28.9. The SMILES string of the molecule is O=[N+]([O-])c1ccn(C2CC(O)C(CO)O2)c1. The van der Waals surface area contributed by atoms with Gasteiger partial charge in [-0.2, -0.15) is 0 Å². The van der Waals surface area contributed by atoms with Crippen molar-refractivity contribution in [1.82, 2.24) is 4.57 Å². The molecule has 1 aliphatic heterocycles. The summed E-state index contributed by atoms with van der Waals surface area (Å²) in [6.07, 6.45) is 1.37. The molecule has 88 valence electrons. The van der Waals surface area contributed by atoms with Crippen molar-refractivity contribution in [3.05, 3.63) is 28.6 Å². The molecule has 2 rings (SSSR count). The van der Waals surface area contributed by atoms with Crippen LogP contribution >= 0.6 is 0 Å². The van der Waals surface area contributed by atoms with E-state index in [2.05, 4.69) is 0 Å². The van der Waals surface area contributed by atoms with E-state index in [0.29, 0.717) is 6.42 Å². The fourth-order valence-electron chi connectivity index (χ4n) is 1.75. The molecule has 3 unspecified atom stereocenters. The zero-order chi connectivity index (χ0) is 11.7. The van der Waals surface area contributed by atoms with Gasteiger partial charge in [-0.05, 0) is 0 Å². The average molecular weight is 228 g/mol. The Morgan fingerprint density at radius 2 is 2.44 bits per heavy atom. The van der Waals surface area contributed by atoms with Crippen molar-refractivity contribution in [2.24, 2.45) is 0 Å². The van der Waals surface area contributed by atoms with Crippen molar-refractivity contribution in [3.63, 3.8) is 0 Å². The molecular formula is C9H12N2O5. The lowest BCUT2D eigenvalue weighted by atomic mass is 10.2. The predicted octanol–water partition coefficient (Wildman–Crippen LogP) is 0.0370. The molecule has 0 aliphatic carbocycles. The van der Waals surface area contributed by atoms with Crippen LogP contribution in [0, 0.1) is 10.1 Å². The normalized spacial score (nSPS) is 29.5. The van der Waals surface area contributed by atoms with Crippen molar-refractivity contribution in [3.8, 4) is 0 Å². The number of hydrogen-bond donors (Lipinski definition) is 2. The van der Waals surface area contributed by atoms with Crippen LogP contribution in [0.15, 0.2) is 18.5 Å². The third-order valence-electron chi connectivity index (χ3n) is 2.63. The van der Waals surface area contributed by atoms with Crippen LogP contribution in [0.25, 0.3) is 0 Å². The van der Waals surface area contributed by atoms with Gasteiger partial charge in [0.2, 0.25) is 0 Å². The Bertz CT molecular complexity index is 391. The van der Waals surface area contributed by atoms with Gasteiger partial charge in [-0.1, -0.05) is 0 Å². The highest BCUT2D eigenvalue weighted by Gasteiger charge is 2.34. The molecule has 0 spiro atoms. The third-order valence-corrected chi connectivity index (χ3v) is 2.63. The molecule has 0 aromatic carbocycles. The zero-order valence-electron chi connectivity index (χ0n) is 8.39. The number of rotatable bonds is 3. The van der Waals surface area contributed by atoms with E-state index in [1.807, 2.05) is 0 Å². The first kappa shape index (κ1) is 11.1. The van der Waals surface area contributed by atoms with E-state index in [4.69, 9.17) is 9.84 Å². The Labute approximate surface area is 91.0 Å². The first-order chi connectivity index (χ1) is 7.61. The van der Waals surface area contributed by atoms with Crippen LogP contribution in [-0.4, -0.2) is 38.5 Å². The topological polar surface area (TPSA) is 97.8 Å². The van der Waals surface area contributed by atoms with Crippen LogP contribution in [0.5, 0.6) is 0 Å². The summed E-state index contributed by atoms with van der Waals surface area (Å²) in [5.74, 6) is 0. The lowest BCUT2D eigenvalue weighted by Crippen LogP contribution is -2.24. The van der Waals surface area contributed by atoms with Crippen LogP contribution in [0.1, 0.15) is 12.6 Å². The molecule has 1 aliphatic rings. The van der Waals surface area contributed by atoms with Gasteiger partial charge in [-0.15, -0.1) is 0 Å². The Kier molecular flexibility index (Phi) is 2.90. The Morgan fingerprint density at radius 1 is 1.69 bits per heavy atom. The number of aromatic nitrogens is 1. The molecule has 0 bridgehead atoms. The second kappa shape index (κ2) is 4.20. The van der Waals surface area contributed by atoms with Crippen molar-refractivity contribution in [1.29, 1.82) is 0 Å². The van der Waals surface area contributed by atoms with Crippen LogP contribution in [0.4, 0.5) is 5.69 Å². The molecule has 2 N–H and O–H groups in total. The molecule has 0 radical (unpaired) electrons. The van der Waals surface area contributed by atoms with Gasteiger partial charge in [0, 0.05) is 18.7 Å². The largest absolute Gasteiger partial charge is 0.394 e. The predicted molar refractivity (Wildman–Crippen MR) is 52.7 cm³/mol. The first-order valence-electron chi connectivity index (χ1n) is 4.88. The highest BCUT2D eigenvalue weighted by molar-refractivity contribution is 5.26. The fraction of sp³-hybridized carbons (Fsp3) is 0.556. The molecule has 3 atom stereocenters. The van der Waals surface area contributed by atoms with Gasteiger partial charge >= 0.3 is 0 Å². The van der Waals surface area contributed by atoms with E-state index in [-0.39, 0.29) is 12.3 Å². The van der Waals surface area contributed by atoms with Crippen LogP contribution in [0.2, 0.25) is 0 Å². The highest BCUT2D eigenvalue weighted by atomic mass is 16.6. The second-order valence-corrected chi connectivity index (χ2v) is 3.69. The fourth-order valence-corrected chi connectivity index (χ4v) is 1.75. The molecule has 7 nitrogen and oxygen atoms in total. The van der Waals surface area contributed by atoms with Crippen LogP contribution < -0.4 is 0 Å². The maximum Gasteiger partial charge on any atom is 0.286 e. The van der Waals surface area contributed by atoms with E-state index >= 15 is 0 Å². The smallest absolute Gasteiger partial charge is 0.286 e. The van der Waals surface area contributed by atoms with Crippen LogP contribution in [-0.2, 0) is 4.74 Å². The summed E-state index contributed by atoms with van der Waals surface area (Å²) < 4.78 is 6.87. The molecule has 1 aromatic heterocycles. The van der Waals surface area contributed by atoms with Gasteiger partial charge < -0.3 is 19.5 Å². The third kappa shape index (κ3) is 1.92. The number of aliphatic hydroxyl groups is 2. The lowest BCUT2D eigenvalue weighted by Gasteiger charge is -2.12. The number of hydrogen-bond acceptors (Lipinski definition) is 5. The molecular weight excluding hydrogens is 216 g/mol. The van der Waals surface area contributed by atoms with Gasteiger partial charge in [0.1, 0.15) is 12.3 Å². The number of nitro groups is 1. The molecule has 16 heavy (non-hydrogen) atoms. The van der Waals surface area contributed by atoms with Crippen molar-refractivity contribution in [2.45, 2.75) is 24.9 Å². The van der Waals surface area contributed by atoms with Gasteiger partial charge in [0.25, 0.3) is 5.69 Å². The van der Waals surface area contributed by atoms with Gasteiger partial charge in [-0.3, -0.25) is 10.1 Å². The second-order valence-electron chi connectivity index (χ2n) is 3.69. The Morgan fingerprint density at radius 3 is 2.94 bits per heavy atom. The monoisotopic (exact) mass is 228 g/mol. The van der Waals surface area contributed by atoms with Crippen molar-refractivity contribution >= 4 is 5.69 Å². The van der Waals surface area contributed by atoms with Crippen molar-refractivity contribution in [2.75, 3.05) is 6.61 Å². The zero-order valence-corrected chi connectivity index (χ0v) is 8.39. The summed E-state index contributed by atoms with van der Waals surface area (Å²) in [5.41, 5.74) is -0.0226. The van der Waals surface area contributed by atoms with E-state index in [1.165, 1.54) is 23.0 Å². The summed E-state index contributed by atoms with van der Waals surface area (Å²) in [6, 6.07) is 1.36. The summed E-state index contributed by atoms with van der Waals surface area (Å²) in [7, 11) is 0. The lowest BCUT2D eigenvalue weighted by molar-refractivity contribution is -0.384. The number of aliphatic hydroxyl groups excluding tert-OH is 2. The Hall–Kier alpha value is -1.44. The Balaban J connectivity index is 2.11. The quantitative estimate of drug-likeness (QED) is 0.562. The minimum Gasteiger partial charge on any atom is -0.394 e. The maximum absolute atomic E-state index is 10.5. The van der Waals surface area contributed by atoms with Gasteiger partial charge in [0.15, 0.2) is 0 Å². The molecule has 2 heterocycles.